The molecule has 0 spiro atoms. The third kappa shape index (κ3) is 3.31. The van der Waals surface area contributed by atoms with Crippen LogP contribution in [0.5, 0.6) is 5.75 Å². The molecule has 2 nitrogen and oxygen atoms in total. The Kier molecular flexibility index (Phi) is 4.31. The lowest BCUT2D eigenvalue weighted by Crippen LogP contribution is -2.16. The van der Waals surface area contributed by atoms with Gasteiger partial charge in [0.1, 0.15) is 5.75 Å². The fourth-order valence-electron chi connectivity index (χ4n) is 1.66. The standard InChI is InChI=1S/C15H15NOS/c1-2-12-8-6-7-11-14(12)17-15(18)16-13-9-4-3-5-10-13/h3-11H,2H2,1H3,(H,16,18). The summed E-state index contributed by atoms with van der Waals surface area (Å²) in [5.41, 5.74) is 2.08. The van der Waals surface area contributed by atoms with Crippen LogP contribution in [0.1, 0.15) is 12.5 Å². The summed E-state index contributed by atoms with van der Waals surface area (Å²) in [5.74, 6) is 0.813. The van der Waals surface area contributed by atoms with Crippen LogP contribution in [0.4, 0.5) is 5.69 Å². The Morgan fingerprint density at radius 1 is 1.06 bits per heavy atom. The maximum absolute atomic E-state index is 5.66. The minimum Gasteiger partial charge on any atom is -0.431 e. The third-order valence-corrected chi connectivity index (χ3v) is 2.76. The SMILES string of the molecule is CCc1ccccc1OC(=S)Nc1ccccc1. The van der Waals surface area contributed by atoms with E-state index in [0.29, 0.717) is 5.17 Å². The molecule has 0 fully saturated rings. The van der Waals surface area contributed by atoms with Gasteiger partial charge in [-0.2, -0.15) is 0 Å². The molecule has 0 saturated carbocycles. The van der Waals surface area contributed by atoms with Gasteiger partial charge in [-0.25, -0.2) is 0 Å². The number of nitrogens with one attached hydrogen (secondary N) is 1. The molecule has 0 bridgehead atoms. The second-order valence-corrected chi connectivity index (χ2v) is 4.21. The maximum atomic E-state index is 5.66. The van der Waals surface area contributed by atoms with E-state index in [1.54, 1.807) is 0 Å². The first-order valence-corrected chi connectivity index (χ1v) is 6.32. The second-order valence-electron chi connectivity index (χ2n) is 3.84. The van der Waals surface area contributed by atoms with E-state index in [1.807, 2.05) is 54.6 Å². The van der Waals surface area contributed by atoms with Gasteiger partial charge in [-0.15, -0.1) is 0 Å². The Hall–Kier alpha value is -1.87. The highest BCUT2D eigenvalue weighted by atomic mass is 32.1. The van der Waals surface area contributed by atoms with E-state index in [4.69, 9.17) is 17.0 Å². The van der Waals surface area contributed by atoms with E-state index in [2.05, 4.69) is 12.2 Å². The summed E-state index contributed by atoms with van der Waals surface area (Å²) < 4.78 is 5.66. The number of hydrogen-bond acceptors (Lipinski definition) is 2. The third-order valence-electron chi connectivity index (χ3n) is 2.58. The van der Waals surface area contributed by atoms with Crippen LogP contribution >= 0.6 is 12.2 Å². The molecule has 2 aromatic rings. The van der Waals surface area contributed by atoms with Crippen LogP contribution in [0, 0.1) is 0 Å². The normalized spacial score (nSPS) is 9.83. The molecule has 92 valence electrons. The zero-order chi connectivity index (χ0) is 12.8. The van der Waals surface area contributed by atoms with Crippen LogP contribution in [0.2, 0.25) is 0 Å². The van der Waals surface area contributed by atoms with Gasteiger partial charge in [-0.05, 0) is 42.4 Å². The quantitative estimate of drug-likeness (QED) is 0.839. The van der Waals surface area contributed by atoms with Crippen LogP contribution in [0.3, 0.4) is 0 Å². The van der Waals surface area contributed by atoms with E-state index in [9.17, 15) is 0 Å². The van der Waals surface area contributed by atoms with Crippen LogP contribution in [0.25, 0.3) is 0 Å². The minimum atomic E-state index is 0.363. The summed E-state index contributed by atoms with van der Waals surface area (Å²) in [4.78, 5) is 0. The highest BCUT2D eigenvalue weighted by molar-refractivity contribution is 7.80. The van der Waals surface area contributed by atoms with Crippen LogP contribution < -0.4 is 10.1 Å². The average Bonchev–Trinajstić information content (AvgIpc) is 2.40. The summed E-state index contributed by atoms with van der Waals surface area (Å²) in [7, 11) is 0. The molecule has 0 amide bonds. The average molecular weight is 257 g/mol. The van der Waals surface area contributed by atoms with Crippen molar-refractivity contribution in [3.8, 4) is 5.75 Å². The van der Waals surface area contributed by atoms with Gasteiger partial charge in [0.15, 0.2) is 0 Å². The smallest absolute Gasteiger partial charge is 0.266 e. The van der Waals surface area contributed by atoms with Crippen LogP contribution in [-0.4, -0.2) is 5.17 Å². The summed E-state index contributed by atoms with van der Waals surface area (Å²) >= 11 is 5.19. The number of benzene rings is 2. The van der Waals surface area contributed by atoms with Gasteiger partial charge in [0, 0.05) is 5.69 Å². The van der Waals surface area contributed by atoms with Gasteiger partial charge in [0.2, 0.25) is 0 Å². The van der Waals surface area contributed by atoms with Crippen molar-refractivity contribution in [1.29, 1.82) is 0 Å². The summed E-state index contributed by atoms with van der Waals surface area (Å²) in [6.07, 6.45) is 0.921. The van der Waals surface area contributed by atoms with Crippen molar-refractivity contribution in [2.45, 2.75) is 13.3 Å². The number of aryl methyl sites for hydroxylation is 1. The molecule has 3 heteroatoms. The van der Waals surface area contributed by atoms with Gasteiger partial charge in [0.25, 0.3) is 5.17 Å². The second kappa shape index (κ2) is 6.17. The fourth-order valence-corrected chi connectivity index (χ4v) is 1.87. The van der Waals surface area contributed by atoms with Crippen molar-refractivity contribution < 1.29 is 4.74 Å². The zero-order valence-corrected chi connectivity index (χ0v) is 11.0. The Morgan fingerprint density at radius 3 is 2.44 bits per heavy atom. The Balaban J connectivity index is 2.03. The minimum absolute atomic E-state index is 0.363. The summed E-state index contributed by atoms with van der Waals surface area (Å²) in [6, 6.07) is 17.7. The molecule has 18 heavy (non-hydrogen) atoms. The van der Waals surface area contributed by atoms with Gasteiger partial charge >= 0.3 is 0 Å². The lowest BCUT2D eigenvalue weighted by atomic mass is 10.1. The van der Waals surface area contributed by atoms with E-state index >= 15 is 0 Å². The molecule has 0 atom stereocenters. The molecular weight excluding hydrogens is 242 g/mol. The number of ether oxygens (including phenoxy) is 1. The lowest BCUT2D eigenvalue weighted by Gasteiger charge is -2.11. The van der Waals surface area contributed by atoms with Crippen LogP contribution in [0.15, 0.2) is 54.6 Å². The Bertz CT molecular complexity index is 525. The van der Waals surface area contributed by atoms with E-state index in [-0.39, 0.29) is 0 Å². The van der Waals surface area contributed by atoms with E-state index < -0.39 is 0 Å². The Morgan fingerprint density at radius 2 is 1.72 bits per heavy atom. The number of para-hydroxylation sites is 2. The molecule has 2 aromatic carbocycles. The largest absolute Gasteiger partial charge is 0.431 e. The molecule has 0 radical (unpaired) electrons. The zero-order valence-electron chi connectivity index (χ0n) is 10.2. The molecule has 0 aliphatic heterocycles. The Labute approximate surface area is 113 Å². The van der Waals surface area contributed by atoms with Crippen molar-refractivity contribution in [1.82, 2.24) is 0 Å². The molecule has 0 aliphatic rings. The van der Waals surface area contributed by atoms with Crippen LogP contribution in [-0.2, 0) is 6.42 Å². The molecule has 0 aromatic heterocycles. The lowest BCUT2D eigenvalue weighted by molar-refractivity contribution is 0.555. The van der Waals surface area contributed by atoms with Gasteiger partial charge in [-0.1, -0.05) is 43.3 Å². The summed E-state index contributed by atoms with van der Waals surface area (Å²) in [5, 5.41) is 3.41. The maximum Gasteiger partial charge on any atom is 0.266 e. The monoisotopic (exact) mass is 257 g/mol. The van der Waals surface area contributed by atoms with Gasteiger partial charge in [0.05, 0.1) is 0 Å². The number of anilines is 1. The predicted octanol–water partition coefficient (Wildman–Crippen LogP) is 4.02. The van der Waals surface area contributed by atoms with Crippen molar-refractivity contribution in [3.05, 3.63) is 60.2 Å². The molecule has 0 aliphatic carbocycles. The molecule has 0 unspecified atom stereocenters. The number of hydrogen-bond donors (Lipinski definition) is 1. The first kappa shape index (κ1) is 12.6. The van der Waals surface area contributed by atoms with Crippen molar-refractivity contribution in [2.75, 3.05) is 5.32 Å². The number of thiocarbonyl (C=S) groups is 1. The molecule has 0 saturated heterocycles. The predicted molar refractivity (Wildman–Crippen MR) is 79.1 cm³/mol. The molecule has 0 heterocycles. The van der Waals surface area contributed by atoms with Gasteiger partial charge in [-0.3, -0.25) is 0 Å². The van der Waals surface area contributed by atoms with Crippen molar-refractivity contribution >= 4 is 23.1 Å². The first-order chi connectivity index (χ1) is 8.79. The van der Waals surface area contributed by atoms with E-state index in [0.717, 1.165) is 23.4 Å². The first-order valence-electron chi connectivity index (χ1n) is 5.91. The van der Waals surface area contributed by atoms with Crippen molar-refractivity contribution in [3.63, 3.8) is 0 Å². The fraction of sp³-hybridized carbons (Fsp3) is 0.133. The van der Waals surface area contributed by atoms with Gasteiger partial charge < -0.3 is 10.1 Å². The highest BCUT2D eigenvalue weighted by Gasteiger charge is 2.04. The molecule has 2 rings (SSSR count). The molecule has 1 N–H and O–H groups in total. The summed E-state index contributed by atoms with van der Waals surface area (Å²) in [6.45, 7) is 2.09. The number of rotatable bonds is 3. The topological polar surface area (TPSA) is 21.3 Å². The van der Waals surface area contributed by atoms with E-state index in [1.165, 1.54) is 0 Å². The highest BCUT2D eigenvalue weighted by Crippen LogP contribution is 2.19. The van der Waals surface area contributed by atoms with Crippen molar-refractivity contribution in [2.24, 2.45) is 0 Å². The molecular formula is C15H15NOS.